The van der Waals surface area contributed by atoms with Gasteiger partial charge in [0.25, 0.3) is 0 Å². The van der Waals surface area contributed by atoms with E-state index in [0.29, 0.717) is 29.3 Å². The standard InChI is InChI=1S/C23H40O2/c1-3-4-5-7-17-12-22(13-18(17)15-24)14-20-19(22)8-11-21(2)9-6-10-23(20,25)16-21/h17-20,24-25H,3-16H2,1-2H3. The molecule has 0 aromatic heterocycles. The van der Waals surface area contributed by atoms with Gasteiger partial charge in [0.2, 0.25) is 0 Å². The Morgan fingerprint density at radius 2 is 1.76 bits per heavy atom. The number of hydrogen-bond acceptors (Lipinski definition) is 2. The van der Waals surface area contributed by atoms with E-state index in [1.54, 1.807) is 0 Å². The monoisotopic (exact) mass is 348 g/mol. The van der Waals surface area contributed by atoms with Crippen molar-refractivity contribution in [1.29, 1.82) is 0 Å². The molecule has 4 saturated carbocycles. The minimum Gasteiger partial charge on any atom is -0.396 e. The van der Waals surface area contributed by atoms with Gasteiger partial charge in [0.15, 0.2) is 0 Å². The lowest BCUT2D eigenvalue weighted by molar-refractivity contribution is -0.172. The van der Waals surface area contributed by atoms with Crippen molar-refractivity contribution in [3.8, 4) is 0 Å². The molecule has 4 rings (SSSR count). The minimum atomic E-state index is -0.367. The van der Waals surface area contributed by atoms with Crippen molar-refractivity contribution in [2.24, 2.45) is 34.5 Å². The highest BCUT2D eigenvalue weighted by Crippen LogP contribution is 2.71. The van der Waals surface area contributed by atoms with E-state index in [-0.39, 0.29) is 5.60 Å². The summed E-state index contributed by atoms with van der Waals surface area (Å²) in [5, 5.41) is 21.5. The van der Waals surface area contributed by atoms with Crippen molar-refractivity contribution in [1.82, 2.24) is 0 Å². The molecule has 0 aliphatic heterocycles. The van der Waals surface area contributed by atoms with Gasteiger partial charge in [-0.2, -0.15) is 0 Å². The van der Waals surface area contributed by atoms with Crippen LogP contribution in [0.3, 0.4) is 0 Å². The largest absolute Gasteiger partial charge is 0.396 e. The number of hydrogen-bond donors (Lipinski definition) is 2. The van der Waals surface area contributed by atoms with E-state index in [0.717, 1.165) is 24.7 Å². The first kappa shape index (κ1) is 18.3. The Morgan fingerprint density at radius 3 is 2.52 bits per heavy atom. The lowest BCUT2D eigenvalue weighted by Gasteiger charge is -2.59. The Morgan fingerprint density at radius 1 is 0.960 bits per heavy atom. The van der Waals surface area contributed by atoms with Gasteiger partial charge in [0, 0.05) is 6.61 Å². The molecule has 2 N–H and O–H groups in total. The Bertz CT molecular complexity index is 490. The zero-order valence-electron chi connectivity index (χ0n) is 16.6. The molecule has 0 saturated heterocycles. The summed E-state index contributed by atoms with van der Waals surface area (Å²) in [5.74, 6) is 2.57. The molecule has 0 aromatic rings. The number of unbranched alkanes of at least 4 members (excludes halogenated alkanes) is 2. The van der Waals surface area contributed by atoms with Crippen LogP contribution in [-0.4, -0.2) is 22.4 Å². The number of aliphatic hydroxyl groups excluding tert-OH is 1. The number of rotatable bonds is 5. The summed E-state index contributed by atoms with van der Waals surface area (Å²) in [5.41, 5.74) is 0.494. The van der Waals surface area contributed by atoms with Gasteiger partial charge in [-0.05, 0) is 85.9 Å². The predicted molar refractivity (Wildman–Crippen MR) is 102 cm³/mol. The molecule has 0 radical (unpaired) electrons. The highest BCUT2D eigenvalue weighted by molar-refractivity contribution is 5.15. The fourth-order valence-corrected chi connectivity index (χ4v) is 7.98. The van der Waals surface area contributed by atoms with Gasteiger partial charge in [0.05, 0.1) is 5.60 Å². The van der Waals surface area contributed by atoms with E-state index >= 15 is 0 Å². The third-order valence-corrected chi connectivity index (χ3v) is 9.19. The Hall–Kier alpha value is -0.0800. The summed E-state index contributed by atoms with van der Waals surface area (Å²) in [6.45, 7) is 5.10. The number of fused-ring (bicyclic) bond motifs is 5. The second-order valence-electron chi connectivity index (χ2n) is 10.9. The smallest absolute Gasteiger partial charge is 0.0684 e. The molecule has 2 nitrogen and oxygen atoms in total. The third-order valence-electron chi connectivity index (χ3n) is 9.19. The van der Waals surface area contributed by atoms with Gasteiger partial charge in [-0.3, -0.25) is 0 Å². The van der Waals surface area contributed by atoms with E-state index in [2.05, 4.69) is 13.8 Å². The Kier molecular flexibility index (Phi) is 4.77. The van der Waals surface area contributed by atoms with Gasteiger partial charge in [-0.25, -0.2) is 0 Å². The number of aliphatic hydroxyl groups is 2. The topological polar surface area (TPSA) is 40.5 Å². The van der Waals surface area contributed by atoms with Crippen molar-refractivity contribution in [3.63, 3.8) is 0 Å². The van der Waals surface area contributed by atoms with Gasteiger partial charge >= 0.3 is 0 Å². The molecule has 2 bridgehead atoms. The average molecular weight is 349 g/mol. The van der Waals surface area contributed by atoms with Crippen molar-refractivity contribution < 1.29 is 10.2 Å². The maximum Gasteiger partial charge on any atom is 0.0684 e. The lowest BCUT2D eigenvalue weighted by Crippen LogP contribution is -2.57. The molecule has 7 atom stereocenters. The summed E-state index contributed by atoms with van der Waals surface area (Å²) in [6.07, 6.45) is 16.4. The molecular weight excluding hydrogens is 308 g/mol. The first-order chi connectivity index (χ1) is 11.9. The first-order valence-corrected chi connectivity index (χ1v) is 11.3. The van der Waals surface area contributed by atoms with Crippen LogP contribution in [0.4, 0.5) is 0 Å². The van der Waals surface area contributed by atoms with E-state index in [9.17, 15) is 10.2 Å². The maximum absolute atomic E-state index is 11.5. The fourth-order valence-electron chi connectivity index (χ4n) is 7.98. The zero-order valence-corrected chi connectivity index (χ0v) is 16.6. The molecule has 25 heavy (non-hydrogen) atoms. The third kappa shape index (κ3) is 3.00. The molecule has 4 fully saturated rings. The van der Waals surface area contributed by atoms with Gasteiger partial charge in [0.1, 0.15) is 0 Å². The summed E-state index contributed by atoms with van der Waals surface area (Å²) < 4.78 is 0. The molecule has 4 aliphatic rings. The molecule has 7 unspecified atom stereocenters. The van der Waals surface area contributed by atoms with E-state index < -0.39 is 0 Å². The van der Waals surface area contributed by atoms with Gasteiger partial charge in [-0.15, -0.1) is 0 Å². The highest BCUT2D eigenvalue weighted by atomic mass is 16.3. The molecular formula is C23H40O2. The van der Waals surface area contributed by atoms with E-state index in [1.807, 2.05) is 0 Å². The van der Waals surface area contributed by atoms with Crippen LogP contribution in [0.5, 0.6) is 0 Å². The maximum atomic E-state index is 11.5. The average Bonchev–Trinajstić information content (AvgIpc) is 2.91. The molecule has 144 valence electrons. The minimum absolute atomic E-state index is 0.367. The molecule has 4 aliphatic carbocycles. The summed E-state index contributed by atoms with van der Waals surface area (Å²) in [4.78, 5) is 0. The lowest BCUT2D eigenvalue weighted by atomic mass is 9.47. The first-order valence-electron chi connectivity index (χ1n) is 11.3. The Labute approximate surface area is 154 Å². The molecule has 1 spiro atoms. The second kappa shape index (κ2) is 6.51. The van der Waals surface area contributed by atoms with Crippen molar-refractivity contribution in [2.75, 3.05) is 6.61 Å². The van der Waals surface area contributed by atoms with Gasteiger partial charge in [-0.1, -0.05) is 46.0 Å². The molecule has 2 heteroatoms. The zero-order chi connectivity index (χ0) is 17.7. The summed E-state index contributed by atoms with van der Waals surface area (Å²) in [6, 6.07) is 0. The highest BCUT2D eigenvalue weighted by Gasteiger charge is 2.65. The molecule has 0 aromatic carbocycles. The van der Waals surface area contributed by atoms with E-state index in [1.165, 1.54) is 70.6 Å². The summed E-state index contributed by atoms with van der Waals surface area (Å²) in [7, 11) is 0. The summed E-state index contributed by atoms with van der Waals surface area (Å²) >= 11 is 0. The molecule has 0 amide bonds. The predicted octanol–water partition coefficient (Wildman–Crippen LogP) is 5.31. The van der Waals surface area contributed by atoms with Crippen LogP contribution in [0.2, 0.25) is 0 Å². The normalized spacial score (nSPS) is 51.8. The van der Waals surface area contributed by atoms with Crippen LogP contribution in [0.15, 0.2) is 0 Å². The van der Waals surface area contributed by atoms with Crippen LogP contribution < -0.4 is 0 Å². The van der Waals surface area contributed by atoms with Crippen LogP contribution >= 0.6 is 0 Å². The van der Waals surface area contributed by atoms with Crippen molar-refractivity contribution in [3.05, 3.63) is 0 Å². The SMILES string of the molecule is CCCCCC1CC2(CC1CO)CC1C2CCC2(C)CCCC1(O)C2. The van der Waals surface area contributed by atoms with Crippen LogP contribution in [-0.2, 0) is 0 Å². The van der Waals surface area contributed by atoms with Crippen LogP contribution in [0.25, 0.3) is 0 Å². The quantitative estimate of drug-likeness (QED) is 0.661. The van der Waals surface area contributed by atoms with Crippen molar-refractivity contribution in [2.45, 2.75) is 103 Å². The van der Waals surface area contributed by atoms with E-state index in [4.69, 9.17) is 0 Å². The van der Waals surface area contributed by atoms with Gasteiger partial charge < -0.3 is 10.2 Å². The Balaban J connectivity index is 1.49. The molecule has 0 heterocycles. The fraction of sp³-hybridized carbons (Fsp3) is 1.00. The second-order valence-corrected chi connectivity index (χ2v) is 10.9. The van der Waals surface area contributed by atoms with Crippen LogP contribution in [0.1, 0.15) is 97.3 Å². The van der Waals surface area contributed by atoms with Crippen molar-refractivity contribution >= 4 is 0 Å². The van der Waals surface area contributed by atoms with Crippen LogP contribution in [0, 0.1) is 34.5 Å².